The lowest BCUT2D eigenvalue weighted by atomic mass is 10.2. The number of imidazole rings is 1. The summed E-state index contributed by atoms with van der Waals surface area (Å²) in [4.78, 5) is 17.6. The Bertz CT molecular complexity index is 739. The fourth-order valence-electron chi connectivity index (χ4n) is 1.65. The summed E-state index contributed by atoms with van der Waals surface area (Å²) < 4.78 is 26.7. The van der Waals surface area contributed by atoms with Crippen LogP contribution in [-0.4, -0.2) is 24.3 Å². The van der Waals surface area contributed by atoms with E-state index in [1.165, 1.54) is 12.5 Å². The molecule has 0 spiro atoms. The summed E-state index contributed by atoms with van der Waals surface area (Å²) in [5, 5.41) is 2.66. The Hall–Kier alpha value is -2.35. The van der Waals surface area contributed by atoms with Crippen LogP contribution < -0.4 is 10.0 Å². The summed E-state index contributed by atoms with van der Waals surface area (Å²) in [5.41, 5.74) is 1.68. The molecule has 1 aromatic heterocycles. The van der Waals surface area contributed by atoms with Crippen LogP contribution in [0.1, 0.15) is 18.9 Å². The van der Waals surface area contributed by atoms with Crippen molar-refractivity contribution in [2.45, 2.75) is 25.3 Å². The molecule has 0 aliphatic heterocycles. The van der Waals surface area contributed by atoms with Crippen LogP contribution in [0.2, 0.25) is 0 Å². The monoisotopic (exact) mass is 308 g/mol. The van der Waals surface area contributed by atoms with Gasteiger partial charge in [-0.15, -0.1) is 0 Å². The van der Waals surface area contributed by atoms with Gasteiger partial charge in [0.15, 0.2) is 5.03 Å². The van der Waals surface area contributed by atoms with E-state index in [2.05, 4.69) is 20.0 Å². The van der Waals surface area contributed by atoms with Gasteiger partial charge in [-0.25, -0.2) is 4.98 Å². The van der Waals surface area contributed by atoms with Crippen LogP contribution in [0, 0.1) is 6.92 Å². The van der Waals surface area contributed by atoms with Crippen molar-refractivity contribution in [2.75, 3.05) is 10.0 Å². The van der Waals surface area contributed by atoms with Gasteiger partial charge in [0.05, 0.1) is 18.2 Å². The minimum Gasteiger partial charge on any atom is -0.334 e. The molecule has 21 heavy (non-hydrogen) atoms. The molecule has 0 unspecified atom stereocenters. The van der Waals surface area contributed by atoms with Gasteiger partial charge in [-0.3, -0.25) is 9.52 Å². The topological polar surface area (TPSA) is 104 Å². The van der Waals surface area contributed by atoms with Crippen molar-refractivity contribution in [3.8, 4) is 0 Å². The first-order chi connectivity index (χ1) is 9.92. The summed E-state index contributed by atoms with van der Waals surface area (Å²) in [6, 6.07) is 5.03. The number of hydrogen-bond donors (Lipinski definition) is 3. The minimum absolute atomic E-state index is 0.0232. The van der Waals surface area contributed by atoms with E-state index in [-0.39, 0.29) is 10.9 Å². The Morgan fingerprint density at radius 1 is 1.38 bits per heavy atom. The molecule has 0 saturated heterocycles. The van der Waals surface area contributed by atoms with Gasteiger partial charge in [0.2, 0.25) is 5.91 Å². The van der Waals surface area contributed by atoms with Crippen LogP contribution in [0.15, 0.2) is 35.7 Å². The summed E-state index contributed by atoms with van der Waals surface area (Å²) in [6.07, 6.45) is 2.86. The largest absolute Gasteiger partial charge is 0.334 e. The third kappa shape index (κ3) is 3.60. The first kappa shape index (κ1) is 15.0. The van der Waals surface area contributed by atoms with Crippen molar-refractivity contribution in [1.82, 2.24) is 9.97 Å². The number of nitrogens with zero attached hydrogens (tertiary/aromatic N) is 1. The number of aromatic amines is 1. The van der Waals surface area contributed by atoms with Gasteiger partial charge >= 0.3 is 0 Å². The number of aromatic nitrogens is 2. The second-order valence-electron chi connectivity index (χ2n) is 4.45. The van der Waals surface area contributed by atoms with E-state index in [0.717, 1.165) is 5.56 Å². The zero-order chi connectivity index (χ0) is 15.5. The summed E-state index contributed by atoms with van der Waals surface area (Å²) in [5.74, 6) is -0.138. The zero-order valence-corrected chi connectivity index (χ0v) is 12.5. The molecule has 3 N–H and O–H groups in total. The molecular weight excluding hydrogens is 292 g/mol. The van der Waals surface area contributed by atoms with Gasteiger partial charge < -0.3 is 10.3 Å². The molecule has 1 heterocycles. The second-order valence-corrected chi connectivity index (χ2v) is 6.10. The van der Waals surface area contributed by atoms with Crippen LogP contribution in [-0.2, 0) is 14.8 Å². The Labute approximate surface area is 122 Å². The highest BCUT2D eigenvalue weighted by molar-refractivity contribution is 7.92. The Kier molecular flexibility index (Phi) is 4.27. The van der Waals surface area contributed by atoms with Gasteiger partial charge in [0.1, 0.15) is 0 Å². The molecule has 112 valence electrons. The molecule has 2 rings (SSSR count). The van der Waals surface area contributed by atoms with Crippen molar-refractivity contribution in [2.24, 2.45) is 0 Å². The maximum Gasteiger partial charge on any atom is 0.278 e. The molecule has 0 atom stereocenters. The van der Waals surface area contributed by atoms with Gasteiger partial charge in [-0.05, 0) is 24.6 Å². The number of amides is 1. The number of hydrogen-bond acceptors (Lipinski definition) is 4. The summed E-state index contributed by atoms with van der Waals surface area (Å²) in [7, 11) is -3.72. The molecular formula is C13H16N4O3S. The molecule has 2 aromatic rings. The number of aryl methyl sites for hydroxylation is 1. The quantitative estimate of drug-likeness (QED) is 0.784. The standard InChI is InChI=1S/C13H16N4O3S/c1-3-12(18)16-10-5-4-9(2)11(6-10)17-21(19,20)13-7-14-8-15-13/h4-8,17H,3H2,1-2H3,(H,14,15)(H,16,18). The number of carbonyl (C=O) groups is 1. The first-order valence-electron chi connectivity index (χ1n) is 6.34. The maximum atomic E-state index is 12.1. The maximum absolute atomic E-state index is 12.1. The molecule has 0 bridgehead atoms. The summed E-state index contributed by atoms with van der Waals surface area (Å²) in [6.45, 7) is 3.52. The summed E-state index contributed by atoms with van der Waals surface area (Å²) >= 11 is 0. The van der Waals surface area contributed by atoms with Crippen LogP contribution in [0.5, 0.6) is 0 Å². The average molecular weight is 308 g/mol. The van der Waals surface area contributed by atoms with Crippen molar-refractivity contribution in [3.05, 3.63) is 36.3 Å². The number of carbonyl (C=O) groups excluding carboxylic acids is 1. The van der Waals surface area contributed by atoms with Gasteiger partial charge in [-0.2, -0.15) is 8.42 Å². The second kappa shape index (κ2) is 5.96. The predicted octanol–water partition coefficient (Wildman–Crippen LogP) is 1.87. The van der Waals surface area contributed by atoms with E-state index < -0.39 is 10.0 Å². The molecule has 0 fully saturated rings. The molecule has 0 aliphatic carbocycles. The van der Waals surface area contributed by atoms with Crippen molar-refractivity contribution in [3.63, 3.8) is 0 Å². The fourth-order valence-corrected chi connectivity index (χ4v) is 2.68. The lowest BCUT2D eigenvalue weighted by Gasteiger charge is -2.11. The molecule has 0 saturated carbocycles. The van der Waals surface area contributed by atoms with Crippen molar-refractivity contribution < 1.29 is 13.2 Å². The van der Waals surface area contributed by atoms with Crippen LogP contribution >= 0.6 is 0 Å². The predicted molar refractivity (Wildman–Crippen MR) is 79.5 cm³/mol. The Balaban J connectivity index is 2.27. The van der Waals surface area contributed by atoms with E-state index in [1.54, 1.807) is 32.0 Å². The number of anilines is 2. The zero-order valence-electron chi connectivity index (χ0n) is 11.7. The number of rotatable bonds is 5. The SMILES string of the molecule is CCC(=O)Nc1ccc(C)c(NS(=O)(=O)c2cnc[nH]2)c1. The molecule has 1 amide bonds. The molecule has 8 heteroatoms. The lowest BCUT2D eigenvalue weighted by Crippen LogP contribution is -2.15. The lowest BCUT2D eigenvalue weighted by molar-refractivity contribution is -0.115. The van der Waals surface area contributed by atoms with E-state index in [4.69, 9.17) is 0 Å². The van der Waals surface area contributed by atoms with Crippen LogP contribution in [0.3, 0.4) is 0 Å². The van der Waals surface area contributed by atoms with Crippen LogP contribution in [0.4, 0.5) is 11.4 Å². The molecule has 0 aliphatic rings. The minimum atomic E-state index is -3.72. The van der Waals surface area contributed by atoms with E-state index in [1.807, 2.05) is 0 Å². The highest BCUT2D eigenvalue weighted by Gasteiger charge is 2.17. The average Bonchev–Trinajstić information content (AvgIpc) is 2.97. The van der Waals surface area contributed by atoms with E-state index in [0.29, 0.717) is 17.8 Å². The Morgan fingerprint density at radius 3 is 2.76 bits per heavy atom. The van der Waals surface area contributed by atoms with Crippen molar-refractivity contribution in [1.29, 1.82) is 0 Å². The third-order valence-electron chi connectivity index (χ3n) is 2.85. The molecule has 1 aromatic carbocycles. The first-order valence-corrected chi connectivity index (χ1v) is 7.82. The number of benzene rings is 1. The Morgan fingerprint density at radius 2 is 2.14 bits per heavy atom. The third-order valence-corrected chi connectivity index (χ3v) is 4.14. The van der Waals surface area contributed by atoms with E-state index >= 15 is 0 Å². The number of sulfonamides is 1. The van der Waals surface area contributed by atoms with Gasteiger partial charge in [-0.1, -0.05) is 13.0 Å². The highest BCUT2D eigenvalue weighted by Crippen LogP contribution is 2.23. The van der Waals surface area contributed by atoms with Gasteiger partial charge in [0.25, 0.3) is 10.0 Å². The smallest absolute Gasteiger partial charge is 0.278 e. The number of H-pyrrole nitrogens is 1. The van der Waals surface area contributed by atoms with E-state index in [9.17, 15) is 13.2 Å². The van der Waals surface area contributed by atoms with Crippen molar-refractivity contribution >= 4 is 27.3 Å². The highest BCUT2D eigenvalue weighted by atomic mass is 32.2. The fraction of sp³-hybridized carbons (Fsp3) is 0.231. The van der Waals surface area contributed by atoms with Gasteiger partial charge in [0, 0.05) is 12.1 Å². The number of nitrogens with one attached hydrogen (secondary N) is 3. The normalized spacial score (nSPS) is 11.1. The molecule has 0 radical (unpaired) electrons. The molecule has 7 nitrogen and oxygen atoms in total. The van der Waals surface area contributed by atoms with Crippen LogP contribution in [0.25, 0.3) is 0 Å².